The highest BCUT2D eigenvalue weighted by Crippen LogP contribution is 2.16. The first-order valence-electron chi connectivity index (χ1n) is 9.76. The fraction of sp³-hybridized carbons (Fsp3) is 0.435. The highest BCUT2D eigenvalue weighted by Gasteiger charge is 2.11. The van der Waals surface area contributed by atoms with Crippen LogP contribution in [-0.4, -0.2) is 38.4 Å². The van der Waals surface area contributed by atoms with Crippen molar-refractivity contribution in [3.05, 3.63) is 59.7 Å². The van der Waals surface area contributed by atoms with Gasteiger partial charge in [0.05, 0.1) is 12.7 Å². The molecule has 0 fully saturated rings. The number of methoxy groups -OCH3 is 1. The van der Waals surface area contributed by atoms with Gasteiger partial charge in [0, 0.05) is 18.7 Å². The first kappa shape index (κ1) is 21.8. The maximum Gasteiger partial charge on any atom is 0.251 e. The Morgan fingerprint density at radius 2 is 1.75 bits per heavy atom. The molecular formula is C23H31NO4. The number of rotatable bonds is 11. The van der Waals surface area contributed by atoms with Crippen molar-refractivity contribution in [3.63, 3.8) is 0 Å². The van der Waals surface area contributed by atoms with Gasteiger partial charge in [0.25, 0.3) is 5.91 Å². The van der Waals surface area contributed by atoms with Gasteiger partial charge in [0.2, 0.25) is 0 Å². The average Bonchev–Trinajstić information content (AvgIpc) is 2.67. The molecule has 28 heavy (non-hydrogen) atoms. The van der Waals surface area contributed by atoms with E-state index in [1.165, 1.54) is 5.56 Å². The molecule has 0 spiro atoms. The van der Waals surface area contributed by atoms with E-state index < -0.39 is 0 Å². The Hall–Kier alpha value is -2.53. The van der Waals surface area contributed by atoms with Crippen LogP contribution in [0.2, 0.25) is 0 Å². The van der Waals surface area contributed by atoms with Crippen molar-refractivity contribution in [2.45, 2.75) is 45.8 Å². The molecule has 152 valence electrons. The smallest absolute Gasteiger partial charge is 0.251 e. The fourth-order valence-electron chi connectivity index (χ4n) is 2.74. The van der Waals surface area contributed by atoms with Crippen LogP contribution in [0.5, 0.6) is 11.5 Å². The summed E-state index contributed by atoms with van der Waals surface area (Å²) in [5.74, 6) is 1.46. The fourth-order valence-corrected chi connectivity index (χ4v) is 2.74. The van der Waals surface area contributed by atoms with Crippen LogP contribution in [0.25, 0.3) is 0 Å². The maximum absolute atomic E-state index is 12.5. The molecule has 5 heteroatoms. The average molecular weight is 386 g/mol. The standard InChI is InChI=1S/C23H31NO4/c1-17(2)28-21-12-10-19(11-13-21)9-8-18(3)24-23(25)20-6-5-7-22(16-20)27-15-14-26-4/h5-7,10-13,16-18H,8-9,14-15H2,1-4H3,(H,24,25). The van der Waals surface area contributed by atoms with Crippen molar-refractivity contribution < 1.29 is 19.0 Å². The zero-order chi connectivity index (χ0) is 20.4. The highest BCUT2D eigenvalue weighted by atomic mass is 16.5. The van der Waals surface area contributed by atoms with Gasteiger partial charge in [-0.05, 0) is 69.5 Å². The molecule has 0 bridgehead atoms. The van der Waals surface area contributed by atoms with Crippen LogP contribution in [0.15, 0.2) is 48.5 Å². The van der Waals surface area contributed by atoms with Crippen molar-refractivity contribution in [2.24, 2.45) is 0 Å². The summed E-state index contributed by atoms with van der Waals surface area (Å²) in [6.07, 6.45) is 1.92. The van der Waals surface area contributed by atoms with E-state index in [-0.39, 0.29) is 18.1 Å². The van der Waals surface area contributed by atoms with Crippen LogP contribution in [0.1, 0.15) is 43.1 Å². The molecule has 2 aromatic rings. The van der Waals surface area contributed by atoms with Gasteiger partial charge < -0.3 is 19.5 Å². The van der Waals surface area contributed by atoms with Gasteiger partial charge in [-0.15, -0.1) is 0 Å². The van der Waals surface area contributed by atoms with Crippen molar-refractivity contribution in [1.82, 2.24) is 5.32 Å². The zero-order valence-electron chi connectivity index (χ0n) is 17.2. The second-order valence-electron chi connectivity index (χ2n) is 7.09. The minimum Gasteiger partial charge on any atom is -0.491 e. The molecule has 1 unspecified atom stereocenters. The summed E-state index contributed by atoms with van der Waals surface area (Å²) in [5.41, 5.74) is 1.82. The molecule has 0 aliphatic rings. The van der Waals surface area contributed by atoms with E-state index in [4.69, 9.17) is 14.2 Å². The van der Waals surface area contributed by atoms with E-state index >= 15 is 0 Å². The third kappa shape index (κ3) is 7.61. The molecule has 1 amide bonds. The zero-order valence-corrected chi connectivity index (χ0v) is 17.2. The number of hydrogen-bond donors (Lipinski definition) is 1. The van der Waals surface area contributed by atoms with Crippen molar-refractivity contribution >= 4 is 5.91 Å². The summed E-state index contributed by atoms with van der Waals surface area (Å²) in [5, 5.41) is 3.05. The molecule has 0 saturated carbocycles. The van der Waals surface area contributed by atoms with Crippen LogP contribution >= 0.6 is 0 Å². The number of nitrogens with one attached hydrogen (secondary N) is 1. The lowest BCUT2D eigenvalue weighted by atomic mass is 10.1. The van der Waals surface area contributed by atoms with E-state index in [0.717, 1.165) is 18.6 Å². The molecular weight excluding hydrogens is 354 g/mol. The number of aryl methyl sites for hydroxylation is 1. The number of amides is 1. The molecule has 0 saturated heterocycles. The molecule has 0 heterocycles. The van der Waals surface area contributed by atoms with Gasteiger partial charge in [0.15, 0.2) is 0 Å². The predicted octanol–water partition coefficient (Wildman–Crippen LogP) is 4.25. The van der Waals surface area contributed by atoms with Crippen molar-refractivity contribution in [3.8, 4) is 11.5 Å². The number of carbonyl (C=O) groups excluding carboxylic acids is 1. The van der Waals surface area contributed by atoms with Gasteiger partial charge in [-0.3, -0.25) is 4.79 Å². The van der Waals surface area contributed by atoms with Gasteiger partial charge in [-0.25, -0.2) is 0 Å². The monoisotopic (exact) mass is 385 g/mol. The normalized spacial score (nSPS) is 11.9. The van der Waals surface area contributed by atoms with Gasteiger partial charge in [-0.2, -0.15) is 0 Å². The predicted molar refractivity (Wildman–Crippen MR) is 111 cm³/mol. The second-order valence-corrected chi connectivity index (χ2v) is 7.09. The first-order valence-corrected chi connectivity index (χ1v) is 9.76. The Kier molecular flexibility index (Phi) is 8.82. The Balaban J connectivity index is 1.81. The van der Waals surface area contributed by atoms with Gasteiger partial charge in [0.1, 0.15) is 18.1 Å². The van der Waals surface area contributed by atoms with E-state index in [0.29, 0.717) is 24.5 Å². The van der Waals surface area contributed by atoms with Crippen LogP contribution in [0.4, 0.5) is 0 Å². The molecule has 1 N–H and O–H groups in total. The maximum atomic E-state index is 12.5. The van der Waals surface area contributed by atoms with E-state index in [1.807, 2.05) is 45.0 Å². The van der Waals surface area contributed by atoms with E-state index in [1.54, 1.807) is 19.2 Å². The topological polar surface area (TPSA) is 56.8 Å². The van der Waals surface area contributed by atoms with Crippen molar-refractivity contribution in [1.29, 1.82) is 0 Å². The Labute approximate surface area is 168 Å². The lowest BCUT2D eigenvalue weighted by Crippen LogP contribution is -2.32. The molecule has 0 aliphatic carbocycles. The van der Waals surface area contributed by atoms with Crippen molar-refractivity contribution in [2.75, 3.05) is 20.3 Å². The Bertz CT molecular complexity index is 728. The summed E-state index contributed by atoms with van der Waals surface area (Å²) >= 11 is 0. The molecule has 5 nitrogen and oxygen atoms in total. The lowest BCUT2D eigenvalue weighted by Gasteiger charge is -2.15. The number of carbonyl (C=O) groups is 1. The minimum atomic E-state index is -0.0922. The summed E-state index contributed by atoms with van der Waals surface area (Å²) in [7, 11) is 1.63. The van der Waals surface area contributed by atoms with E-state index in [2.05, 4.69) is 17.4 Å². The lowest BCUT2D eigenvalue weighted by molar-refractivity contribution is 0.0937. The van der Waals surface area contributed by atoms with Gasteiger partial charge >= 0.3 is 0 Å². The second kappa shape index (κ2) is 11.3. The minimum absolute atomic E-state index is 0.0668. The summed E-state index contributed by atoms with van der Waals surface area (Å²) in [4.78, 5) is 12.5. The van der Waals surface area contributed by atoms with Crippen LogP contribution in [-0.2, 0) is 11.2 Å². The quantitative estimate of drug-likeness (QED) is 0.588. The molecule has 0 aliphatic heterocycles. The summed E-state index contributed by atoms with van der Waals surface area (Å²) in [6, 6.07) is 15.4. The number of ether oxygens (including phenoxy) is 3. The van der Waals surface area contributed by atoms with Crippen LogP contribution in [0, 0.1) is 0 Å². The van der Waals surface area contributed by atoms with Crippen LogP contribution in [0.3, 0.4) is 0 Å². The molecule has 2 aromatic carbocycles. The third-order valence-corrected chi connectivity index (χ3v) is 4.19. The molecule has 0 aromatic heterocycles. The van der Waals surface area contributed by atoms with Gasteiger partial charge in [-0.1, -0.05) is 18.2 Å². The largest absolute Gasteiger partial charge is 0.491 e. The third-order valence-electron chi connectivity index (χ3n) is 4.19. The number of benzene rings is 2. The summed E-state index contributed by atoms with van der Waals surface area (Å²) in [6.45, 7) is 7.02. The Morgan fingerprint density at radius 1 is 1.00 bits per heavy atom. The van der Waals surface area contributed by atoms with Crippen LogP contribution < -0.4 is 14.8 Å². The first-order chi connectivity index (χ1) is 13.5. The molecule has 2 rings (SSSR count). The SMILES string of the molecule is COCCOc1cccc(C(=O)NC(C)CCc2ccc(OC(C)C)cc2)c1. The number of hydrogen-bond acceptors (Lipinski definition) is 4. The van der Waals surface area contributed by atoms with E-state index in [9.17, 15) is 4.79 Å². The highest BCUT2D eigenvalue weighted by molar-refractivity contribution is 5.94. The summed E-state index contributed by atoms with van der Waals surface area (Å²) < 4.78 is 16.2. The molecule has 0 radical (unpaired) electrons. The molecule has 1 atom stereocenters. The Morgan fingerprint density at radius 3 is 2.43 bits per heavy atom.